The maximum absolute atomic E-state index is 12.9. The molecular formula is C23H28ClN3O3. The number of hydrogen-bond acceptors (Lipinski definition) is 5. The van der Waals surface area contributed by atoms with Gasteiger partial charge >= 0.3 is 0 Å². The van der Waals surface area contributed by atoms with Crippen LogP contribution in [-0.4, -0.2) is 66.6 Å². The smallest absolute Gasteiger partial charge is 0.226 e. The van der Waals surface area contributed by atoms with Gasteiger partial charge in [-0.05, 0) is 42.7 Å². The molecule has 0 radical (unpaired) electrons. The van der Waals surface area contributed by atoms with E-state index in [4.69, 9.17) is 21.1 Å². The van der Waals surface area contributed by atoms with E-state index in [0.29, 0.717) is 36.2 Å². The number of carbonyl (C=O) groups excluding carboxylic acids is 1. The average Bonchev–Trinajstić information content (AvgIpc) is 2.78. The lowest BCUT2D eigenvalue weighted by atomic mass is 10.0. The fourth-order valence-corrected chi connectivity index (χ4v) is 4.41. The zero-order valence-corrected chi connectivity index (χ0v) is 18.1. The Morgan fingerprint density at radius 1 is 1.23 bits per heavy atom. The highest BCUT2D eigenvalue weighted by Crippen LogP contribution is 2.38. The van der Waals surface area contributed by atoms with Crippen LogP contribution in [0.2, 0.25) is 5.02 Å². The molecule has 1 aromatic heterocycles. The van der Waals surface area contributed by atoms with E-state index in [1.165, 1.54) is 0 Å². The Morgan fingerprint density at radius 3 is 2.80 bits per heavy atom. The Balaban J connectivity index is 1.27. The van der Waals surface area contributed by atoms with Crippen LogP contribution < -0.4 is 9.47 Å². The Hall–Kier alpha value is -2.31. The summed E-state index contributed by atoms with van der Waals surface area (Å²) in [5.74, 6) is 1.31. The van der Waals surface area contributed by atoms with E-state index in [0.717, 1.165) is 50.2 Å². The molecule has 2 aliphatic rings. The number of nitrogens with zero attached hydrogens (tertiary/aromatic N) is 3. The number of rotatable bonds is 6. The molecule has 0 saturated carbocycles. The van der Waals surface area contributed by atoms with Crippen LogP contribution in [0.15, 0.2) is 36.5 Å². The highest BCUT2D eigenvalue weighted by molar-refractivity contribution is 6.32. The number of benzene rings is 1. The van der Waals surface area contributed by atoms with Crippen molar-refractivity contribution in [3.05, 3.63) is 52.8 Å². The van der Waals surface area contributed by atoms with E-state index in [9.17, 15) is 4.79 Å². The van der Waals surface area contributed by atoms with Crippen molar-refractivity contribution in [3.8, 4) is 11.5 Å². The summed E-state index contributed by atoms with van der Waals surface area (Å²) >= 11 is 6.31. The van der Waals surface area contributed by atoms with Crippen molar-refractivity contribution in [2.45, 2.75) is 31.7 Å². The second-order valence-electron chi connectivity index (χ2n) is 7.93. The predicted octanol–water partition coefficient (Wildman–Crippen LogP) is 3.21. The number of aromatic nitrogens is 1. The zero-order chi connectivity index (χ0) is 20.9. The van der Waals surface area contributed by atoms with Gasteiger partial charge in [-0.2, -0.15) is 0 Å². The number of likely N-dealkylation sites (tertiary alicyclic amines) is 1. The van der Waals surface area contributed by atoms with E-state index in [1.54, 1.807) is 6.07 Å². The number of halogens is 1. The molecule has 6 nitrogen and oxygen atoms in total. The van der Waals surface area contributed by atoms with Crippen molar-refractivity contribution in [1.29, 1.82) is 0 Å². The zero-order valence-electron chi connectivity index (χ0n) is 17.3. The second kappa shape index (κ2) is 9.67. The largest absolute Gasteiger partial charge is 0.486 e. The van der Waals surface area contributed by atoms with Crippen LogP contribution in [-0.2, 0) is 17.6 Å². The molecule has 0 spiro atoms. The molecule has 1 aromatic carbocycles. The van der Waals surface area contributed by atoms with Crippen LogP contribution in [0, 0.1) is 0 Å². The maximum atomic E-state index is 12.9. The lowest BCUT2D eigenvalue weighted by Gasteiger charge is -2.36. The summed E-state index contributed by atoms with van der Waals surface area (Å²) in [5.41, 5.74) is 1.99. The number of piperidine rings is 1. The summed E-state index contributed by atoms with van der Waals surface area (Å²) in [5, 5.41) is 0.499. The van der Waals surface area contributed by atoms with Crippen LogP contribution in [0.1, 0.15) is 24.1 Å². The summed E-state index contributed by atoms with van der Waals surface area (Å²) in [6.07, 6.45) is 5.10. The quantitative estimate of drug-likeness (QED) is 0.705. The van der Waals surface area contributed by atoms with Gasteiger partial charge in [-0.1, -0.05) is 17.7 Å². The lowest BCUT2D eigenvalue weighted by molar-refractivity contribution is -0.132. The summed E-state index contributed by atoms with van der Waals surface area (Å²) in [7, 11) is 1.91. The summed E-state index contributed by atoms with van der Waals surface area (Å²) in [6.45, 7) is 4.01. The minimum absolute atomic E-state index is 0.106. The van der Waals surface area contributed by atoms with Crippen molar-refractivity contribution in [3.63, 3.8) is 0 Å². The standard InChI is InChI=1S/C23H28ClN3O3/c1-26(19-6-10-27(11-7-19)9-5-18-4-2-3-8-25-18)22(28)16-17-14-20(24)23-21(15-17)29-12-13-30-23/h2-4,8,14-15,19H,5-7,9-13,16H2,1H3. The van der Waals surface area contributed by atoms with Gasteiger partial charge in [0.05, 0.1) is 11.4 Å². The summed E-state index contributed by atoms with van der Waals surface area (Å²) in [4.78, 5) is 21.6. The van der Waals surface area contributed by atoms with Gasteiger partial charge < -0.3 is 19.3 Å². The lowest BCUT2D eigenvalue weighted by Crippen LogP contribution is -2.46. The van der Waals surface area contributed by atoms with Gasteiger partial charge in [0.25, 0.3) is 0 Å². The summed E-state index contributed by atoms with van der Waals surface area (Å²) in [6, 6.07) is 10.00. The maximum Gasteiger partial charge on any atom is 0.226 e. The fourth-order valence-electron chi connectivity index (χ4n) is 4.12. The Kier molecular flexibility index (Phi) is 6.75. The van der Waals surface area contributed by atoms with Crippen LogP contribution in [0.3, 0.4) is 0 Å². The first-order valence-corrected chi connectivity index (χ1v) is 10.9. The highest BCUT2D eigenvalue weighted by Gasteiger charge is 2.26. The van der Waals surface area contributed by atoms with Gasteiger partial charge in [0.2, 0.25) is 5.91 Å². The number of fused-ring (bicyclic) bond motifs is 1. The van der Waals surface area contributed by atoms with E-state index in [-0.39, 0.29) is 11.9 Å². The van der Waals surface area contributed by atoms with E-state index in [2.05, 4.69) is 16.0 Å². The number of hydrogen-bond donors (Lipinski definition) is 0. The third kappa shape index (κ3) is 5.05. The SMILES string of the molecule is CN(C(=O)Cc1cc(Cl)c2c(c1)OCCO2)C1CCN(CCc2ccccn2)CC1. The van der Waals surface area contributed by atoms with Gasteiger partial charge in [-0.15, -0.1) is 0 Å². The molecule has 160 valence electrons. The predicted molar refractivity (Wildman–Crippen MR) is 116 cm³/mol. The van der Waals surface area contributed by atoms with Gasteiger partial charge in [0.15, 0.2) is 11.5 Å². The molecule has 0 bridgehead atoms. The van der Waals surface area contributed by atoms with Gasteiger partial charge in [0, 0.05) is 51.0 Å². The Morgan fingerprint density at radius 2 is 2.03 bits per heavy atom. The van der Waals surface area contributed by atoms with Crippen molar-refractivity contribution in [2.75, 3.05) is 39.9 Å². The molecule has 3 heterocycles. The Bertz CT molecular complexity index is 869. The van der Waals surface area contributed by atoms with Crippen LogP contribution in [0.4, 0.5) is 0 Å². The second-order valence-corrected chi connectivity index (χ2v) is 8.33. The van der Waals surface area contributed by atoms with Gasteiger partial charge in [-0.25, -0.2) is 0 Å². The molecule has 2 aliphatic heterocycles. The molecule has 1 amide bonds. The summed E-state index contributed by atoms with van der Waals surface area (Å²) < 4.78 is 11.2. The van der Waals surface area contributed by atoms with Gasteiger partial charge in [-0.3, -0.25) is 9.78 Å². The molecule has 2 aromatic rings. The van der Waals surface area contributed by atoms with Crippen LogP contribution in [0.5, 0.6) is 11.5 Å². The molecular weight excluding hydrogens is 402 g/mol. The molecule has 0 N–H and O–H groups in total. The van der Waals surface area contributed by atoms with E-state index >= 15 is 0 Å². The molecule has 0 unspecified atom stereocenters. The first-order valence-electron chi connectivity index (χ1n) is 10.6. The van der Waals surface area contributed by atoms with Crippen molar-refractivity contribution >= 4 is 17.5 Å². The molecule has 0 atom stereocenters. The average molecular weight is 430 g/mol. The third-order valence-electron chi connectivity index (χ3n) is 5.92. The van der Waals surface area contributed by atoms with Crippen molar-refractivity contribution in [2.24, 2.45) is 0 Å². The number of pyridine rings is 1. The molecule has 1 saturated heterocycles. The minimum Gasteiger partial charge on any atom is -0.486 e. The number of amides is 1. The first-order chi connectivity index (χ1) is 14.6. The molecule has 7 heteroatoms. The number of likely N-dealkylation sites (N-methyl/N-ethyl adjacent to an activating group) is 1. The van der Waals surface area contributed by atoms with Crippen LogP contribution in [0.25, 0.3) is 0 Å². The third-order valence-corrected chi connectivity index (χ3v) is 6.20. The molecule has 0 aliphatic carbocycles. The van der Waals surface area contributed by atoms with Crippen molar-refractivity contribution in [1.82, 2.24) is 14.8 Å². The minimum atomic E-state index is 0.106. The first kappa shape index (κ1) is 20.9. The Labute approximate surface area is 182 Å². The monoisotopic (exact) mass is 429 g/mol. The van der Waals surface area contributed by atoms with Crippen molar-refractivity contribution < 1.29 is 14.3 Å². The van der Waals surface area contributed by atoms with Gasteiger partial charge in [0.1, 0.15) is 13.2 Å². The number of carbonyl (C=O) groups is 1. The normalized spacial score (nSPS) is 17.0. The van der Waals surface area contributed by atoms with E-state index in [1.807, 2.05) is 36.3 Å². The van der Waals surface area contributed by atoms with E-state index < -0.39 is 0 Å². The highest BCUT2D eigenvalue weighted by atomic mass is 35.5. The molecule has 1 fully saturated rings. The fraction of sp³-hybridized carbons (Fsp3) is 0.478. The molecule has 4 rings (SSSR count). The molecule has 30 heavy (non-hydrogen) atoms. The van der Waals surface area contributed by atoms with Crippen LogP contribution >= 0.6 is 11.6 Å². The number of ether oxygens (including phenoxy) is 2. The topological polar surface area (TPSA) is 54.9 Å².